The number of pyridine rings is 1. The van der Waals surface area contributed by atoms with E-state index in [1.807, 2.05) is 0 Å². The highest BCUT2D eigenvalue weighted by atomic mass is 19.1. The molecule has 65 valence electrons. The van der Waals surface area contributed by atoms with Crippen LogP contribution in [-0.2, 0) is 0 Å². The summed E-state index contributed by atoms with van der Waals surface area (Å²) >= 11 is 0. The molecule has 0 amide bonds. The van der Waals surface area contributed by atoms with Gasteiger partial charge in [0.15, 0.2) is 5.82 Å². The van der Waals surface area contributed by atoms with E-state index in [0.717, 1.165) is 0 Å². The van der Waals surface area contributed by atoms with E-state index in [4.69, 9.17) is 9.84 Å². The fraction of sp³-hybridized carbons (Fsp3) is 0.375. The van der Waals surface area contributed by atoms with E-state index in [9.17, 15) is 4.39 Å². The van der Waals surface area contributed by atoms with Crippen molar-refractivity contribution < 1.29 is 14.2 Å². The van der Waals surface area contributed by atoms with Crippen LogP contribution in [0, 0.1) is 11.9 Å². The van der Waals surface area contributed by atoms with Crippen LogP contribution >= 0.6 is 0 Å². The molecule has 1 aromatic heterocycles. The zero-order valence-corrected chi connectivity index (χ0v) is 6.62. The molecule has 0 fully saturated rings. The number of ether oxygens (including phenoxy) is 1. The molecule has 1 atom stereocenters. The van der Waals surface area contributed by atoms with Crippen LogP contribution < -0.4 is 4.74 Å². The minimum atomic E-state index is -0.641. The second-order valence-electron chi connectivity index (χ2n) is 2.37. The summed E-state index contributed by atoms with van der Waals surface area (Å²) in [6, 6.07) is 3.64. The number of hydrogen-bond donors (Lipinski definition) is 1. The third-order valence-electron chi connectivity index (χ3n) is 1.13. The topological polar surface area (TPSA) is 42.4 Å². The van der Waals surface area contributed by atoms with E-state index in [1.165, 1.54) is 12.3 Å². The Bertz CT molecular complexity index is 253. The van der Waals surface area contributed by atoms with Crippen LogP contribution in [0.4, 0.5) is 4.39 Å². The number of halogens is 1. The quantitative estimate of drug-likeness (QED) is 0.728. The summed E-state index contributed by atoms with van der Waals surface area (Å²) < 4.78 is 17.5. The zero-order valence-electron chi connectivity index (χ0n) is 6.62. The summed E-state index contributed by atoms with van der Waals surface area (Å²) in [5.41, 5.74) is 0. The third kappa shape index (κ3) is 2.47. The van der Waals surface area contributed by atoms with Crippen molar-refractivity contribution in [1.29, 1.82) is 0 Å². The van der Waals surface area contributed by atoms with E-state index < -0.39 is 11.9 Å². The van der Waals surface area contributed by atoms with Gasteiger partial charge in [-0.05, 0) is 13.0 Å². The molecule has 1 heterocycles. The van der Waals surface area contributed by atoms with Gasteiger partial charge in [0.25, 0.3) is 5.88 Å². The number of rotatable bonds is 3. The van der Waals surface area contributed by atoms with Crippen LogP contribution in [0.2, 0.25) is 0 Å². The molecule has 0 aromatic carbocycles. The summed E-state index contributed by atoms with van der Waals surface area (Å²) in [5.74, 6) is -0.767. The Hall–Kier alpha value is -1.16. The van der Waals surface area contributed by atoms with Crippen LogP contribution in [0.25, 0.3) is 0 Å². The maximum absolute atomic E-state index is 12.7. The van der Waals surface area contributed by atoms with E-state index in [-0.39, 0.29) is 12.5 Å². The molecule has 0 saturated carbocycles. The molecule has 1 unspecified atom stereocenters. The number of nitrogens with zero attached hydrogens (tertiary/aromatic N) is 1. The Morgan fingerprint density at radius 3 is 3.17 bits per heavy atom. The Kier molecular flexibility index (Phi) is 2.99. The lowest BCUT2D eigenvalue weighted by Crippen LogP contribution is -2.14. The average molecular weight is 170 g/mol. The fourth-order valence-electron chi connectivity index (χ4n) is 0.634. The molecule has 4 heteroatoms. The predicted molar refractivity (Wildman–Crippen MR) is 40.2 cm³/mol. The van der Waals surface area contributed by atoms with Gasteiger partial charge < -0.3 is 9.84 Å². The fourth-order valence-corrected chi connectivity index (χ4v) is 0.634. The molecule has 12 heavy (non-hydrogen) atoms. The Labute approximate surface area is 69.8 Å². The normalized spacial score (nSPS) is 12.6. The Balaban J connectivity index is 2.57. The number of aliphatic hydroxyl groups is 1. The van der Waals surface area contributed by atoms with Gasteiger partial charge in [-0.15, -0.1) is 0 Å². The van der Waals surface area contributed by atoms with Gasteiger partial charge >= 0.3 is 0 Å². The predicted octanol–water partition coefficient (Wildman–Crippen LogP) is 0.780. The van der Waals surface area contributed by atoms with Gasteiger partial charge in [0.05, 0.1) is 6.10 Å². The maximum atomic E-state index is 12.7. The lowest BCUT2D eigenvalue weighted by molar-refractivity contribution is 0.117. The summed E-state index contributed by atoms with van der Waals surface area (Å²) in [7, 11) is 0. The first-order valence-corrected chi connectivity index (χ1v) is 3.53. The molecule has 0 spiro atoms. The average Bonchev–Trinajstić information content (AvgIpc) is 2.03. The third-order valence-corrected chi connectivity index (χ3v) is 1.13. The molecule has 1 aromatic rings. The largest absolute Gasteiger partial charge is 0.473 e. The smallest absolute Gasteiger partial charge is 0.251 e. The first kappa shape index (κ1) is 8.93. The SMILES string of the molecule is CC(O)COc1ncc[c]c1F. The van der Waals surface area contributed by atoms with Gasteiger partial charge in [-0.1, -0.05) is 0 Å². The second kappa shape index (κ2) is 4.01. The lowest BCUT2D eigenvalue weighted by Gasteiger charge is -2.06. The van der Waals surface area contributed by atoms with Crippen LogP contribution in [-0.4, -0.2) is 22.8 Å². The van der Waals surface area contributed by atoms with Gasteiger partial charge in [-0.25, -0.2) is 9.37 Å². The first-order chi connectivity index (χ1) is 5.70. The van der Waals surface area contributed by atoms with Gasteiger partial charge in [0.2, 0.25) is 0 Å². The second-order valence-corrected chi connectivity index (χ2v) is 2.37. The molecule has 1 N–H and O–H groups in total. The summed E-state index contributed by atoms with van der Waals surface area (Å²) in [5, 5.41) is 8.82. The molecule has 0 bridgehead atoms. The lowest BCUT2D eigenvalue weighted by atomic mass is 10.4. The molecule has 1 radical (unpaired) electrons. The van der Waals surface area contributed by atoms with E-state index >= 15 is 0 Å². The Morgan fingerprint density at radius 1 is 1.83 bits per heavy atom. The van der Waals surface area contributed by atoms with Crippen molar-refractivity contribution in [2.45, 2.75) is 13.0 Å². The molecule has 3 nitrogen and oxygen atoms in total. The molecule has 0 aliphatic carbocycles. The highest BCUT2D eigenvalue weighted by Gasteiger charge is 2.04. The molecular formula is C8H9FNO2. The van der Waals surface area contributed by atoms with Crippen molar-refractivity contribution in [2.24, 2.45) is 0 Å². The molecule has 0 saturated heterocycles. The highest BCUT2D eigenvalue weighted by molar-refractivity contribution is 5.11. The number of aromatic nitrogens is 1. The minimum absolute atomic E-state index is 0.0295. The van der Waals surface area contributed by atoms with Gasteiger partial charge in [0, 0.05) is 12.3 Å². The number of hydrogen-bond acceptors (Lipinski definition) is 3. The summed E-state index contributed by atoms with van der Waals surface area (Å²) in [6.07, 6.45) is 0.742. The van der Waals surface area contributed by atoms with Crippen LogP contribution in [0.15, 0.2) is 12.3 Å². The van der Waals surface area contributed by atoms with Crippen LogP contribution in [0.5, 0.6) is 5.88 Å². The molecule has 0 aliphatic heterocycles. The van der Waals surface area contributed by atoms with Crippen molar-refractivity contribution in [1.82, 2.24) is 4.98 Å². The first-order valence-electron chi connectivity index (χ1n) is 3.53. The number of aliphatic hydroxyl groups excluding tert-OH is 1. The van der Waals surface area contributed by atoms with E-state index in [1.54, 1.807) is 6.92 Å². The maximum Gasteiger partial charge on any atom is 0.251 e. The van der Waals surface area contributed by atoms with Crippen LogP contribution in [0.3, 0.4) is 0 Å². The van der Waals surface area contributed by atoms with Gasteiger partial charge in [0.1, 0.15) is 6.61 Å². The van der Waals surface area contributed by atoms with E-state index in [0.29, 0.717) is 0 Å². The standard InChI is InChI=1S/C8H9FNO2/c1-6(11)5-12-8-7(9)3-2-4-10-8/h2,4,6,11H,5H2,1H3. The van der Waals surface area contributed by atoms with Crippen molar-refractivity contribution in [3.05, 3.63) is 24.1 Å². The van der Waals surface area contributed by atoms with Crippen LogP contribution in [0.1, 0.15) is 6.92 Å². The van der Waals surface area contributed by atoms with Gasteiger partial charge in [-0.2, -0.15) is 0 Å². The highest BCUT2D eigenvalue weighted by Crippen LogP contribution is 2.10. The molecular weight excluding hydrogens is 161 g/mol. The van der Waals surface area contributed by atoms with E-state index in [2.05, 4.69) is 11.1 Å². The summed E-state index contributed by atoms with van der Waals surface area (Å²) in [6.45, 7) is 1.58. The molecule has 1 rings (SSSR count). The van der Waals surface area contributed by atoms with Crippen molar-refractivity contribution >= 4 is 0 Å². The zero-order chi connectivity index (χ0) is 8.97. The van der Waals surface area contributed by atoms with Crippen molar-refractivity contribution in [2.75, 3.05) is 6.61 Å². The Morgan fingerprint density at radius 2 is 2.58 bits per heavy atom. The van der Waals surface area contributed by atoms with Crippen molar-refractivity contribution in [3.8, 4) is 5.88 Å². The minimum Gasteiger partial charge on any atom is -0.473 e. The monoisotopic (exact) mass is 170 g/mol. The van der Waals surface area contributed by atoms with Crippen molar-refractivity contribution in [3.63, 3.8) is 0 Å². The van der Waals surface area contributed by atoms with Gasteiger partial charge in [-0.3, -0.25) is 0 Å². The molecule has 0 aliphatic rings. The summed E-state index contributed by atoms with van der Waals surface area (Å²) in [4.78, 5) is 3.61.